The number of aliphatic carboxylic acids is 1. The average Bonchev–Trinajstić information content (AvgIpc) is 3.04. The van der Waals surface area contributed by atoms with E-state index in [1.165, 1.54) is 11.0 Å². The van der Waals surface area contributed by atoms with Crippen LogP contribution in [-0.4, -0.2) is 49.9 Å². The van der Waals surface area contributed by atoms with E-state index in [0.717, 1.165) is 16.7 Å². The lowest BCUT2D eigenvalue weighted by Gasteiger charge is -2.21. The number of aromatic nitrogens is 4. The van der Waals surface area contributed by atoms with Crippen LogP contribution in [0.1, 0.15) is 15.9 Å². The third kappa shape index (κ3) is 3.47. The third-order valence-electron chi connectivity index (χ3n) is 4.62. The van der Waals surface area contributed by atoms with Gasteiger partial charge in [-0.15, -0.1) is 0 Å². The van der Waals surface area contributed by atoms with Crippen molar-refractivity contribution in [3.05, 3.63) is 48.0 Å². The van der Waals surface area contributed by atoms with Gasteiger partial charge in [-0.2, -0.15) is 5.10 Å². The Hall–Kier alpha value is -3.95. The van der Waals surface area contributed by atoms with E-state index in [4.69, 9.17) is 15.6 Å². The van der Waals surface area contributed by atoms with Crippen molar-refractivity contribution in [2.24, 2.45) is 0 Å². The van der Waals surface area contributed by atoms with E-state index in [1.54, 1.807) is 17.3 Å². The van der Waals surface area contributed by atoms with Crippen molar-refractivity contribution in [2.45, 2.75) is 13.5 Å². The molecule has 29 heavy (non-hydrogen) atoms. The molecule has 4 rings (SSSR count). The van der Waals surface area contributed by atoms with Gasteiger partial charge in [0.05, 0.1) is 12.7 Å². The minimum Gasteiger partial charge on any atom is -0.480 e. The molecule has 0 spiro atoms. The van der Waals surface area contributed by atoms with Gasteiger partial charge in [-0.25, -0.2) is 9.97 Å². The van der Waals surface area contributed by atoms with E-state index >= 15 is 0 Å². The number of ether oxygens (including phenoxy) is 1. The van der Waals surface area contributed by atoms with Crippen LogP contribution in [0, 0.1) is 6.92 Å². The highest BCUT2D eigenvalue weighted by atomic mass is 16.5. The molecule has 0 saturated heterocycles. The Morgan fingerprint density at radius 3 is 2.93 bits per heavy atom. The van der Waals surface area contributed by atoms with Gasteiger partial charge < -0.3 is 20.5 Å². The first kappa shape index (κ1) is 18.4. The maximum absolute atomic E-state index is 13.0. The quantitative estimate of drug-likeness (QED) is 0.677. The van der Waals surface area contributed by atoms with E-state index in [1.807, 2.05) is 25.1 Å². The zero-order valence-corrected chi connectivity index (χ0v) is 15.6. The molecule has 1 aliphatic rings. The number of carboxylic acids is 1. The Bertz CT molecular complexity index is 1110. The van der Waals surface area contributed by atoms with E-state index < -0.39 is 5.97 Å². The molecule has 148 valence electrons. The topological polar surface area (TPSA) is 136 Å². The molecular weight excluding hydrogens is 376 g/mol. The lowest BCUT2D eigenvalue weighted by molar-refractivity contribution is -0.137. The third-order valence-corrected chi connectivity index (χ3v) is 4.62. The first-order valence-electron chi connectivity index (χ1n) is 8.84. The Kier molecular flexibility index (Phi) is 4.59. The minimum absolute atomic E-state index is 0.0751. The molecule has 1 aliphatic heterocycles. The summed E-state index contributed by atoms with van der Waals surface area (Å²) in [6.45, 7) is 2.32. The van der Waals surface area contributed by atoms with E-state index in [0.29, 0.717) is 12.2 Å². The van der Waals surface area contributed by atoms with Crippen molar-refractivity contribution in [3.63, 3.8) is 0 Å². The Morgan fingerprint density at radius 1 is 1.34 bits per heavy atom. The van der Waals surface area contributed by atoms with Gasteiger partial charge in [-0.3, -0.25) is 14.3 Å². The van der Waals surface area contributed by atoms with Gasteiger partial charge >= 0.3 is 5.97 Å². The molecule has 10 heteroatoms. The standard InChI is InChI=1S/C19H18N6O4/c1-11-6-13(2-3-14(11)12-7-23-24(8-12)9-15(26)27)25-4-5-29-18-16(19(25)28)17(20)21-10-22-18/h2-3,6-8,10H,4-5,9H2,1H3,(H,26,27)(H2,20,21,22). The van der Waals surface area contributed by atoms with Crippen LogP contribution in [0.15, 0.2) is 36.9 Å². The first-order chi connectivity index (χ1) is 13.9. The molecule has 0 saturated carbocycles. The monoisotopic (exact) mass is 394 g/mol. The average molecular weight is 394 g/mol. The van der Waals surface area contributed by atoms with Crippen LogP contribution < -0.4 is 15.4 Å². The molecule has 0 radical (unpaired) electrons. The van der Waals surface area contributed by atoms with Gasteiger partial charge in [0.1, 0.15) is 30.9 Å². The molecule has 0 unspecified atom stereocenters. The van der Waals surface area contributed by atoms with Crippen molar-refractivity contribution < 1.29 is 19.4 Å². The summed E-state index contributed by atoms with van der Waals surface area (Å²) in [5.74, 6) is -1.02. The van der Waals surface area contributed by atoms with Crippen LogP contribution in [0.5, 0.6) is 5.88 Å². The maximum atomic E-state index is 13.0. The lowest BCUT2D eigenvalue weighted by Crippen LogP contribution is -2.32. The number of nitrogens with zero attached hydrogens (tertiary/aromatic N) is 5. The molecule has 1 amide bonds. The zero-order chi connectivity index (χ0) is 20.5. The molecule has 0 atom stereocenters. The first-order valence-corrected chi connectivity index (χ1v) is 8.84. The largest absolute Gasteiger partial charge is 0.480 e. The summed E-state index contributed by atoms with van der Waals surface area (Å²) in [5, 5.41) is 13.0. The minimum atomic E-state index is -0.961. The predicted octanol–water partition coefficient (Wildman–Crippen LogP) is 1.35. The number of amides is 1. The van der Waals surface area contributed by atoms with Crippen LogP contribution in [0.25, 0.3) is 11.1 Å². The molecule has 1 aromatic carbocycles. The van der Waals surface area contributed by atoms with Gasteiger partial charge in [-0.1, -0.05) is 6.07 Å². The molecule has 0 bridgehead atoms. The number of hydrogen-bond acceptors (Lipinski definition) is 7. The Balaban J connectivity index is 1.66. The summed E-state index contributed by atoms with van der Waals surface area (Å²) in [6.07, 6.45) is 4.56. The second kappa shape index (κ2) is 7.23. The number of benzene rings is 1. The smallest absolute Gasteiger partial charge is 0.325 e. The summed E-state index contributed by atoms with van der Waals surface area (Å²) in [5.41, 5.74) is 9.32. The number of aryl methyl sites for hydroxylation is 1. The zero-order valence-electron chi connectivity index (χ0n) is 15.6. The second-order valence-electron chi connectivity index (χ2n) is 6.56. The predicted molar refractivity (Wildman–Crippen MR) is 104 cm³/mol. The van der Waals surface area contributed by atoms with Crippen molar-refractivity contribution >= 4 is 23.4 Å². The normalized spacial score (nSPS) is 13.6. The number of rotatable bonds is 4. The number of nitrogen functional groups attached to an aromatic ring is 1. The summed E-state index contributed by atoms with van der Waals surface area (Å²) in [6, 6.07) is 5.57. The highest BCUT2D eigenvalue weighted by molar-refractivity contribution is 6.10. The van der Waals surface area contributed by atoms with Crippen LogP contribution in [0.3, 0.4) is 0 Å². The highest BCUT2D eigenvalue weighted by Gasteiger charge is 2.28. The van der Waals surface area contributed by atoms with Gasteiger partial charge in [-0.05, 0) is 30.2 Å². The van der Waals surface area contributed by atoms with Crippen molar-refractivity contribution in [1.82, 2.24) is 19.7 Å². The summed E-state index contributed by atoms with van der Waals surface area (Å²) < 4.78 is 6.92. The maximum Gasteiger partial charge on any atom is 0.325 e. The molecular formula is C19H18N6O4. The van der Waals surface area contributed by atoms with Crippen molar-refractivity contribution in [3.8, 4) is 17.0 Å². The number of nitrogens with two attached hydrogens (primary N) is 1. The van der Waals surface area contributed by atoms with E-state index in [9.17, 15) is 9.59 Å². The Morgan fingerprint density at radius 2 is 2.17 bits per heavy atom. The number of anilines is 2. The number of carboxylic acid groups (broad SMARTS) is 1. The molecule has 3 N–H and O–H groups in total. The molecule has 2 aromatic heterocycles. The molecule has 0 fully saturated rings. The fourth-order valence-corrected chi connectivity index (χ4v) is 3.28. The summed E-state index contributed by atoms with van der Waals surface area (Å²) in [7, 11) is 0. The van der Waals surface area contributed by atoms with Crippen molar-refractivity contribution in [1.29, 1.82) is 0 Å². The second-order valence-corrected chi connectivity index (χ2v) is 6.56. The van der Waals surface area contributed by atoms with Crippen LogP contribution >= 0.6 is 0 Å². The van der Waals surface area contributed by atoms with E-state index in [-0.39, 0.29) is 36.3 Å². The summed E-state index contributed by atoms with van der Waals surface area (Å²) >= 11 is 0. The lowest BCUT2D eigenvalue weighted by atomic mass is 10.0. The highest BCUT2D eigenvalue weighted by Crippen LogP contribution is 2.31. The molecule has 3 heterocycles. The number of carbonyl (C=O) groups excluding carboxylic acids is 1. The Labute approximate surface area is 165 Å². The van der Waals surface area contributed by atoms with Gasteiger partial charge in [0.25, 0.3) is 5.91 Å². The van der Waals surface area contributed by atoms with Crippen molar-refractivity contribution in [2.75, 3.05) is 23.8 Å². The number of carbonyl (C=O) groups is 2. The number of hydrogen-bond donors (Lipinski definition) is 2. The van der Waals surface area contributed by atoms with Gasteiger partial charge in [0.15, 0.2) is 0 Å². The van der Waals surface area contributed by atoms with Gasteiger partial charge in [0.2, 0.25) is 5.88 Å². The molecule has 10 nitrogen and oxygen atoms in total. The van der Waals surface area contributed by atoms with Crippen LogP contribution in [0.4, 0.5) is 11.5 Å². The van der Waals surface area contributed by atoms with Crippen LogP contribution in [-0.2, 0) is 11.3 Å². The van der Waals surface area contributed by atoms with E-state index in [2.05, 4.69) is 15.1 Å². The molecule has 3 aromatic rings. The molecule has 0 aliphatic carbocycles. The SMILES string of the molecule is Cc1cc(N2CCOc3ncnc(N)c3C2=O)ccc1-c1cnn(CC(=O)O)c1. The number of fused-ring (bicyclic) bond motifs is 1. The fraction of sp³-hybridized carbons (Fsp3) is 0.211. The van der Waals surface area contributed by atoms with Gasteiger partial charge in [0, 0.05) is 17.4 Å². The van der Waals surface area contributed by atoms with Crippen LogP contribution in [0.2, 0.25) is 0 Å². The fourth-order valence-electron chi connectivity index (χ4n) is 3.28. The summed E-state index contributed by atoms with van der Waals surface area (Å²) in [4.78, 5) is 33.4.